The summed E-state index contributed by atoms with van der Waals surface area (Å²) >= 11 is 0. The number of benzene rings is 1. The Bertz CT molecular complexity index is 412. The number of halogens is 2. The maximum atomic E-state index is 13.0. The molecular formula is C13H18F2N2O. The largest absolute Gasteiger partial charge is 0.399 e. The summed E-state index contributed by atoms with van der Waals surface area (Å²) in [6.07, 6.45) is 0.276. The minimum absolute atomic E-state index is 0.00689. The third kappa shape index (κ3) is 2.56. The van der Waals surface area contributed by atoms with E-state index in [-0.39, 0.29) is 18.2 Å². The van der Waals surface area contributed by atoms with Crippen LogP contribution in [0.25, 0.3) is 0 Å². The molecule has 1 unspecified atom stereocenters. The van der Waals surface area contributed by atoms with E-state index < -0.39 is 6.43 Å². The van der Waals surface area contributed by atoms with Crippen LogP contribution in [-0.4, -0.2) is 24.3 Å². The summed E-state index contributed by atoms with van der Waals surface area (Å²) in [6, 6.07) is 4.51. The van der Waals surface area contributed by atoms with Gasteiger partial charge in [-0.15, -0.1) is 0 Å². The molecule has 18 heavy (non-hydrogen) atoms. The Hall–Kier alpha value is -1.36. The van der Waals surface area contributed by atoms with Crippen LogP contribution in [0.2, 0.25) is 0 Å². The summed E-state index contributed by atoms with van der Waals surface area (Å²) in [5.41, 5.74) is 6.35. The molecule has 100 valence electrons. The van der Waals surface area contributed by atoms with E-state index >= 15 is 0 Å². The lowest BCUT2D eigenvalue weighted by atomic mass is 10.00. The molecule has 0 radical (unpaired) electrons. The minimum Gasteiger partial charge on any atom is -0.399 e. The normalized spacial score (nSPS) is 20.4. The van der Waals surface area contributed by atoms with Gasteiger partial charge in [-0.2, -0.15) is 0 Å². The summed E-state index contributed by atoms with van der Waals surface area (Å²) in [5.74, 6) is 0. The van der Waals surface area contributed by atoms with Crippen LogP contribution in [0.15, 0.2) is 18.2 Å². The lowest BCUT2D eigenvalue weighted by Crippen LogP contribution is -2.42. The lowest BCUT2D eigenvalue weighted by Gasteiger charge is -2.37. The zero-order valence-electron chi connectivity index (χ0n) is 10.1. The second kappa shape index (κ2) is 5.52. The Morgan fingerprint density at radius 2 is 2.17 bits per heavy atom. The maximum absolute atomic E-state index is 13.0. The molecular weight excluding hydrogens is 238 g/mol. The van der Waals surface area contributed by atoms with Crippen LogP contribution in [0.3, 0.4) is 0 Å². The molecule has 3 nitrogen and oxygen atoms in total. The predicted octanol–water partition coefficient (Wildman–Crippen LogP) is 2.56. The Balaban J connectivity index is 2.36. The predicted molar refractivity (Wildman–Crippen MR) is 67.9 cm³/mol. The van der Waals surface area contributed by atoms with Gasteiger partial charge in [-0.05, 0) is 37.5 Å². The monoisotopic (exact) mass is 256 g/mol. The van der Waals surface area contributed by atoms with Gasteiger partial charge in [0.2, 0.25) is 0 Å². The summed E-state index contributed by atoms with van der Waals surface area (Å²) < 4.78 is 26.1. The molecule has 2 rings (SSSR count). The van der Waals surface area contributed by atoms with Crippen molar-refractivity contribution < 1.29 is 13.9 Å². The van der Waals surface area contributed by atoms with Crippen LogP contribution in [0.1, 0.15) is 31.3 Å². The first-order valence-electron chi connectivity index (χ1n) is 6.18. The van der Waals surface area contributed by atoms with Crippen LogP contribution in [0.4, 0.5) is 20.2 Å². The van der Waals surface area contributed by atoms with Gasteiger partial charge in [-0.25, -0.2) is 8.78 Å². The van der Waals surface area contributed by atoms with Crippen molar-refractivity contribution in [3.8, 4) is 0 Å². The van der Waals surface area contributed by atoms with Gasteiger partial charge in [0.1, 0.15) is 0 Å². The number of hydrogen-bond acceptors (Lipinski definition) is 3. The molecule has 0 amide bonds. The second-order valence-electron chi connectivity index (χ2n) is 4.64. The summed E-state index contributed by atoms with van der Waals surface area (Å²) in [5, 5.41) is 9.35. The molecule has 1 aliphatic heterocycles. The van der Waals surface area contributed by atoms with E-state index in [4.69, 9.17) is 5.73 Å². The SMILES string of the molecule is Nc1ccc(N2CCCCC2CO)c(C(F)F)c1. The fourth-order valence-electron chi connectivity index (χ4n) is 2.52. The van der Waals surface area contributed by atoms with E-state index in [1.54, 1.807) is 12.1 Å². The van der Waals surface area contributed by atoms with Gasteiger partial charge in [0.15, 0.2) is 0 Å². The number of anilines is 2. The first-order chi connectivity index (χ1) is 8.63. The highest BCUT2D eigenvalue weighted by Gasteiger charge is 2.26. The van der Waals surface area contributed by atoms with E-state index in [2.05, 4.69) is 0 Å². The highest BCUT2D eigenvalue weighted by atomic mass is 19.3. The number of nitrogen functional groups attached to an aromatic ring is 1. The van der Waals surface area contributed by atoms with E-state index in [1.165, 1.54) is 6.07 Å². The second-order valence-corrected chi connectivity index (χ2v) is 4.64. The zero-order valence-corrected chi connectivity index (χ0v) is 10.1. The van der Waals surface area contributed by atoms with Gasteiger partial charge < -0.3 is 15.7 Å². The average Bonchev–Trinajstić information content (AvgIpc) is 2.38. The summed E-state index contributed by atoms with van der Waals surface area (Å²) in [4.78, 5) is 1.88. The first kappa shape index (κ1) is 13.1. The van der Waals surface area contributed by atoms with Gasteiger partial charge >= 0.3 is 0 Å². The van der Waals surface area contributed by atoms with Crippen molar-refractivity contribution in [3.63, 3.8) is 0 Å². The Morgan fingerprint density at radius 3 is 2.83 bits per heavy atom. The van der Waals surface area contributed by atoms with Gasteiger partial charge in [0.05, 0.1) is 12.6 Å². The molecule has 1 aromatic carbocycles. The number of aliphatic hydroxyl groups excluding tert-OH is 1. The topological polar surface area (TPSA) is 49.5 Å². The van der Waals surface area contributed by atoms with Crippen LogP contribution >= 0.6 is 0 Å². The minimum atomic E-state index is -2.55. The highest BCUT2D eigenvalue weighted by Crippen LogP contribution is 2.34. The number of alkyl halides is 2. The van der Waals surface area contributed by atoms with Gasteiger partial charge in [-0.3, -0.25) is 0 Å². The Labute approximate surface area is 105 Å². The van der Waals surface area contributed by atoms with Crippen molar-refractivity contribution in [2.24, 2.45) is 0 Å². The van der Waals surface area contributed by atoms with Crippen LogP contribution < -0.4 is 10.6 Å². The highest BCUT2D eigenvalue weighted by molar-refractivity contribution is 5.61. The van der Waals surface area contributed by atoms with Crippen LogP contribution in [0.5, 0.6) is 0 Å². The number of piperidine rings is 1. The van der Waals surface area contributed by atoms with Gasteiger partial charge in [-0.1, -0.05) is 0 Å². The lowest BCUT2D eigenvalue weighted by molar-refractivity contribution is 0.151. The standard InChI is InChI=1S/C13H18F2N2O/c14-13(15)11-7-9(16)4-5-12(11)17-6-2-1-3-10(17)8-18/h4-5,7,10,13,18H,1-3,6,8,16H2. The van der Waals surface area contributed by atoms with E-state index in [0.29, 0.717) is 17.9 Å². The molecule has 3 N–H and O–H groups in total. The van der Waals surface area contributed by atoms with Crippen molar-refractivity contribution in [2.75, 3.05) is 23.8 Å². The molecule has 0 aliphatic carbocycles. The molecule has 0 aromatic heterocycles. The molecule has 1 heterocycles. The van der Waals surface area contributed by atoms with Crippen LogP contribution in [0, 0.1) is 0 Å². The summed E-state index contributed by atoms with van der Waals surface area (Å²) in [6.45, 7) is 0.696. The first-order valence-corrected chi connectivity index (χ1v) is 6.18. The molecule has 0 saturated carbocycles. The molecule has 1 saturated heterocycles. The van der Waals surface area contributed by atoms with Crippen molar-refractivity contribution >= 4 is 11.4 Å². The molecule has 5 heteroatoms. The summed E-state index contributed by atoms with van der Waals surface area (Å²) in [7, 11) is 0. The number of nitrogens with zero attached hydrogens (tertiary/aromatic N) is 1. The van der Waals surface area contributed by atoms with Crippen molar-refractivity contribution in [1.82, 2.24) is 0 Å². The molecule has 1 atom stereocenters. The van der Waals surface area contributed by atoms with Crippen molar-refractivity contribution in [3.05, 3.63) is 23.8 Å². The molecule has 1 aromatic rings. The fourth-order valence-corrected chi connectivity index (χ4v) is 2.52. The average molecular weight is 256 g/mol. The molecule has 0 spiro atoms. The van der Waals surface area contributed by atoms with Crippen molar-refractivity contribution in [1.29, 1.82) is 0 Å². The van der Waals surface area contributed by atoms with Crippen molar-refractivity contribution in [2.45, 2.75) is 31.7 Å². The van der Waals surface area contributed by atoms with E-state index in [0.717, 1.165) is 19.3 Å². The zero-order chi connectivity index (χ0) is 13.1. The number of hydrogen-bond donors (Lipinski definition) is 2. The smallest absolute Gasteiger partial charge is 0.265 e. The van der Waals surface area contributed by atoms with E-state index in [9.17, 15) is 13.9 Å². The van der Waals surface area contributed by atoms with Gasteiger partial charge in [0.25, 0.3) is 6.43 Å². The van der Waals surface area contributed by atoms with Gasteiger partial charge in [0, 0.05) is 23.5 Å². The fraction of sp³-hybridized carbons (Fsp3) is 0.538. The van der Waals surface area contributed by atoms with Crippen LogP contribution in [-0.2, 0) is 0 Å². The molecule has 1 aliphatic rings. The number of rotatable bonds is 3. The quantitative estimate of drug-likeness (QED) is 0.817. The third-order valence-corrected chi connectivity index (χ3v) is 3.43. The number of nitrogens with two attached hydrogens (primary N) is 1. The maximum Gasteiger partial charge on any atom is 0.265 e. The molecule has 0 bridgehead atoms. The Kier molecular flexibility index (Phi) is 4.01. The number of aliphatic hydroxyl groups is 1. The third-order valence-electron chi connectivity index (χ3n) is 3.43. The van der Waals surface area contributed by atoms with E-state index in [1.807, 2.05) is 4.90 Å². The Morgan fingerprint density at radius 1 is 1.39 bits per heavy atom. The molecule has 1 fully saturated rings.